The van der Waals surface area contributed by atoms with Crippen LogP contribution in [0.25, 0.3) is 0 Å². The zero-order chi connectivity index (χ0) is 18.6. The van der Waals surface area contributed by atoms with E-state index in [1.54, 1.807) is 21.3 Å². The van der Waals surface area contributed by atoms with E-state index in [1.165, 1.54) is 96.3 Å². The molecule has 26 heavy (non-hydrogen) atoms. The van der Waals surface area contributed by atoms with E-state index in [0.29, 0.717) is 0 Å². The lowest BCUT2D eigenvalue weighted by Gasteiger charge is -2.24. The van der Waals surface area contributed by atoms with Gasteiger partial charge in [0, 0.05) is 27.4 Å². The van der Waals surface area contributed by atoms with Crippen molar-refractivity contribution in [2.45, 2.75) is 116 Å². The van der Waals surface area contributed by atoms with Crippen molar-refractivity contribution in [3.63, 3.8) is 0 Å². The van der Waals surface area contributed by atoms with Crippen LogP contribution in [0.1, 0.15) is 110 Å². The van der Waals surface area contributed by atoms with E-state index in [2.05, 4.69) is 6.92 Å². The molecule has 5 heteroatoms. The van der Waals surface area contributed by atoms with Crippen LogP contribution < -0.4 is 0 Å². The summed E-state index contributed by atoms with van der Waals surface area (Å²) in [4.78, 5) is 0. The quantitative estimate of drug-likeness (QED) is 0.192. The van der Waals surface area contributed by atoms with Gasteiger partial charge in [0.15, 0.2) is 0 Å². The van der Waals surface area contributed by atoms with Gasteiger partial charge in [-0.3, -0.25) is 0 Å². The Morgan fingerprint density at radius 1 is 0.462 bits per heavy atom. The van der Waals surface area contributed by atoms with Crippen LogP contribution in [0.15, 0.2) is 0 Å². The van der Waals surface area contributed by atoms with Gasteiger partial charge in [-0.2, -0.15) is 0 Å². The summed E-state index contributed by atoms with van der Waals surface area (Å²) >= 11 is 0. The highest BCUT2D eigenvalue weighted by Crippen LogP contribution is 2.18. The Labute approximate surface area is 170 Å². The summed E-state index contributed by atoms with van der Waals surface area (Å²) in [5.74, 6) is 0. The first-order valence-electron chi connectivity index (χ1n) is 10.9. The predicted octanol–water partition coefficient (Wildman–Crippen LogP) is 5.67. The summed E-state index contributed by atoms with van der Waals surface area (Å²) in [7, 11) is 2.78. The highest BCUT2D eigenvalue weighted by atomic mass is 28.4. The van der Waals surface area contributed by atoms with Crippen molar-refractivity contribution in [3.8, 4) is 0 Å². The van der Waals surface area contributed by atoms with Crippen molar-refractivity contribution >= 4 is 19.8 Å². The molecular formula is C21H50O3Si2. The lowest BCUT2D eigenvalue weighted by Crippen LogP contribution is -2.42. The molecule has 0 aromatic carbocycles. The molecule has 0 amide bonds. The van der Waals surface area contributed by atoms with Crippen LogP contribution >= 0.6 is 0 Å². The number of hydrogen-bond donors (Lipinski definition) is 0. The third kappa shape index (κ3) is 16.5. The summed E-state index contributed by atoms with van der Waals surface area (Å²) < 4.78 is 16.4. The van der Waals surface area contributed by atoms with E-state index < -0.39 is 8.80 Å². The molecule has 0 aliphatic carbocycles. The van der Waals surface area contributed by atoms with Crippen molar-refractivity contribution in [3.05, 3.63) is 0 Å². The fourth-order valence-electron chi connectivity index (χ4n) is 3.45. The standard InChI is InChI=1S/C21H46O3Si.H4Si/c1-5-6-7-8-9-10-11-12-13-14-15-16-17-18-19-20-21-25(22-2,23-3)24-4;/h5-21H2,1-4H3;1H4. The van der Waals surface area contributed by atoms with Crippen LogP contribution in [-0.2, 0) is 13.3 Å². The summed E-state index contributed by atoms with van der Waals surface area (Å²) in [5, 5.41) is 0. The van der Waals surface area contributed by atoms with Gasteiger partial charge in [-0.05, 0) is 17.4 Å². The highest BCUT2D eigenvalue weighted by Gasteiger charge is 2.36. The van der Waals surface area contributed by atoms with Crippen molar-refractivity contribution in [1.82, 2.24) is 0 Å². The van der Waals surface area contributed by atoms with E-state index in [4.69, 9.17) is 13.3 Å². The largest absolute Gasteiger partial charge is 0.500 e. The molecule has 0 aromatic rings. The van der Waals surface area contributed by atoms with E-state index in [1.807, 2.05) is 0 Å². The second kappa shape index (κ2) is 21.6. The normalized spacial score (nSPS) is 11.5. The van der Waals surface area contributed by atoms with Gasteiger partial charge in [0.05, 0.1) is 0 Å². The minimum atomic E-state index is -2.32. The molecule has 0 rings (SSSR count). The molecule has 0 unspecified atom stereocenters. The van der Waals surface area contributed by atoms with Gasteiger partial charge in [0.25, 0.3) is 0 Å². The van der Waals surface area contributed by atoms with Gasteiger partial charge >= 0.3 is 8.80 Å². The number of hydrogen-bond acceptors (Lipinski definition) is 3. The van der Waals surface area contributed by atoms with Gasteiger partial charge in [0.1, 0.15) is 0 Å². The Morgan fingerprint density at radius 3 is 1.00 bits per heavy atom. The Hall–Kier alpha value is 0.314. The predicted molar refractivity (Wildman–Crippen MR) is 122 cm³/mol. The Bertz CT molecular complexity index is 253. The average molecular weight is 407 g/mol. The van der Waals surface area contributed by atoms with Gasteiger partial charge < -0.3 is 13.3 Å². The molecule has 0 aromatic heterocycles. The maximum absolute atomic E-state index is 5.45. The summed E-state index contributed by atoms with van der Waals surface area (Å²) in [6.45, 7) is 2.29. The molecule has 0 fully saturated rings. The molecule has 0 spiro atoms. The second-order valence-electron chi connectivity index (χ2n) is 7.35. The van der Waals surface area contributed by atoms with E-state index in [-0.39, 0.29) is 11.0 Å². The molecule has 3 nitrogen and oxygen atoms in total. The average Bonchev–Trinajstić information content (AvgIpc) is 2.65. The summed E-state index contributed by atoms with van der Waals surface area (Å²) in [6, 6.07) is 0.939. The highest BCUT2D eigenvalue weighted by molar-refractivity contribution is 6.60. The molecule has 0 N–H and O–H groups in total. The summed E-state index contributed by atoms with van der Waals surface area (Å²) in [5.41, 5.74) is 0. The summed E-state index contributed by atoms with van der Waals surface area (Å²) in [6.07, 6.45) is 22.3. The molecule has 0 atom stereocenters. The third-order valence-corrected chi connectivity index (χ3v) is 8.10. The van der Waals surface area contributed by atoms with E-state index in [0.717, 1.165) is 12.5 Å². The van der Waals surface area contributed by atoms with Crippen molar-refractivity contribution < 1.29 is 13.3 Å². The maximum atomic E-state index is 5.45. The van der Waals surface area contributed by atoms with Crippen molar-refractivity contribution in [1.29, 1.82) is 0 Å². The fraction of sp³-hybridized carbons (Fsp3) is 1.00. The number of unbranched alkanes of at least 4 members (excludes halogenated alkanes) is 15. The minimum Gasteiger partial charge on any atom is -0.377 e. The fourth-order valence-corrected chi connectivity index (χ4v) is 5.24. The molecule has 0 aliphatic heterocycles. The topological polar surface area (TPSA) is 27.7 Å². The van der Waals surface area contributed by atoms with Crippen LogP contribution in [0, 0.1) is 0 Å². The minimum absolute atomic E-state index is 0. The molecule has 0 saturated heterocycles. The zero-order valence-corrected chi connectivity index (χ0v) is 18.7. The van der Waals surface area contributed by atoms with E-state index in [9.17, 15) is 0 Å². The smallest absolute Gasteiger partial charge is 0.377 e. The monoisotopic (exact) mass is 406 g/mol. The third-order valence-electron chi connectivity index (χ3n) is 5.27. The molecule has 0 bridgehead atoms. The first-order valence-corrected chi connectivity index (χ1v) is 12.8. The SMILES string of the molecule is CCCCCCCCCCCCCCCCCC[Si](OC)(OC)OC.[SiH4]. The first kappa shape index (κ1) is 28.5. The Balaban J connectivity index is 0. The maximum Gasteiger partial charge on any atom is 0.500 e. The van der Waals surface area contributed by atoms with Gasteiger partial charge in [-0.1, -0.05) is 103 Å². The van der Waals surface area contributed by atoms with Crippen LogP contribution in [-0.4, -0.2) is 41.1 Å². The number of rotatable bonds is 20. The molecular weight excluding hydrogens is 356 g/mol. The Morgan fingerprint density at radius 2 is 0.731 bits per heavy atom. The first-order chi connectivity index (χ1) is 12.2. The van der Waals surface area contributed by atoms with Gasteiger partial charge in [-0.15, -0.1) is 0 Å². The molecule has 0 saturated carbocycles. The van der Waals surface area contributed by atoms with Gasteiger partial charge in [0.2, 0.25) is 0 Å². The lowest BCUT2D eigenvalue weighted by atomic mass is 10.0. The molecule has 0 aliphatic rings. The molecule has 160 valence electrons. The zero-order valence-electron chi connectivity index (χ0n) is 17.7. The lowest BCUT2D eigenvalue weighted by molar-refractivity contribution is 0.122. The van der Waals surface area contributed by atoms with Crippen molar-refractivity contribution in [2.75, 3.05) is 21.3 Å². The molecule has 0 radical (unpaired) electrons. The van der Waals surface area contributed by atoms with Crippen LogP contribution in [0.2, 0.25) is 6.04 Å². The van der Waals surface area contributed by atoms with E-state index >= 15 is 0 Å². The van der Waals surface area contributed by atoms with Gasteiger partial charge in [-0.25, -0.2) is 0 Å². The van der Waals surface area contributed by atoms with Crippen LogP contribution in [0.3, 0.4) is 0 Å². The Kier molecular flexibility index (Phi) is 23.7. The molecule has 0 heterocycles. The second-order valence-corrected chi connectivity index (χ2v) is 10.4. The van der Waals surface area contributed by atoms with Crippen LogP contribution in [0.4, 0.5) is 0 Å². The van der Waals surface area contributed by atoms with Crippen molar-refractivity contribution in [2.24, 2.45) is 0 Å². The van der Waals surface area contributed by atoms with Crippen LogP contribution in [0.5, 0.6) is 0 Å².